The molecular weight excluding hydrogens is 316 g/mol. The fourth-order valence-electron chi connectivity index (χ4n) is 1.85. The van der Waals surface area contributed by atoms with Gasteiger partial charge < -0.3 is 20.1 Å². The molecule has 0 heterocycles. The average molecular weight is 345 g/mol. The van der Waals surface area contributed by atoms with Crippen molar-refractivity contribution in [1.29, 1.82) is 0 Å². The predicted molar refractivity (Wildman–Crippen MR) is 95.4 cm³/mol. The Morgan fingerprint density at radius 1 is 1.35 bits per heavy atom. The monoisotopic (exact) mass is 344 g/mol. The highest BCUT2D eigenvalue weighted by molar-refractivity contribution is 5.85. The van der Waals surface area contributed by atoms with E-state index < -0.39 is 0 Å². The van der Waals surface area contributed by atoms with Crippen LogP contribution in [0.1, 0.15) is 31.4 Å². The largest absolute Gasteiger partial charge is 0.490 e. The van der Waals surface area contributed by atoms with Crippen molar-refractivity contribution in [2.75, 3.05) is 26.8 Å². The second kappa shape index (κ2) is 12.2. The normalized spacial score (nSPS) is 11.5. The summed E-state index contributed by atoms with van der Waals surface area (Å²) in [5.74, 6) is 0.813. The molecule has 23 heavy (non-hydrogen) atoms. The van der Waals surface area contributed by atoms with Crippen LogP contribution in [0.4, 0.5) is 0 Å². The standard InChI is InChI=1S/C17H28N2O3.ClH/c1-5-14(3)22-16-10-13(2)6-7-15(16)11-19-17(20)12-18-8-9-21-4;/h6-7,10,14,18H,5,8-9,11-12H2,1-4H3,(H,19,20);1H. The summed E-state index contributed by atoms with van der Waals surface area (Å²) >= 11 is 0. The maximum absolute atomic E-state index is 11.8. The summed E-state index contributed by atoms with van der Waals surface area (Å²) in [5, 5.41) is 5.92. The second-order valence-corrected chi connectivity index (χ2v) is 5.39. The summed E-state index contributed by atoms with van der Waals surface area (Å²) in [6.07, 6.45) is 1.11. The molecule has 132 valence electrons. The van der Waals surface area contributed by atoms with E-state index in [1.54, 1.807) is 7.11 Å². The van der Waals surface area contributed by atoms with E-state index >= 15 is 0 Å². The number of rotatable bonds is 10. The molecule has 0 radical (unpaired) electrons. The van der Waals surface area contributed by atoms with Gasteiger partial charge in [-0.25, -0.2) is 0 Å². The van der Waals surface area contributed by atoms with Crippen LogP contribution >= 0.6 is 12.4 Å². The Balaban J connectivity index is 0.00000484. The summed E-state index contributed by atoms with van der Waals surface area (Å²) in [6, 6.07) is 6.05. The molecule has 0 aliphatic rings. The molecule has 0 fully saturated rings. The van der Waals surface area contributed by atoms with E-state index in [1.165, 1.54) is 0 Å². The third-order valence-corrected chi connectivity index (χ3v) is 3.37. The highest BCUT2D eigenvalue weighted by Crippen LogP contribution is 2.22. The number of nitrogens with one attached hydrogen (secondary N) is 2. The molecule has 6 heteroatoms. The highest BCUT2D eigenvalue weighted by atomic mass is 35.5. The van der Waals surface area contributed by atoms with Gasteiger partial charge in [0.25, 0.3) is 0 Å². The number of aryl methyl sites for hydroxylation is 1. The Morgan fingerprint density at radius 3 is 2.74 bits per heavy atom. The highest BCUT2D eigenvalue weighted by Gasteiger charge is 2.09. The number of benzene rings is 1. The van der Waals surface area contributed by atoms with E-state index in [0.717, 1.165) is 23.3 Å². The molecule has 1 rings (SSSR count). The zero-order chi connectivity index (χ0) is 16.4. The van der Waals surface area contributed by atoms with Crippen LogP contribution in [0.25, 0.3) is 0 Å². The van der Waals surface area contributed by atoms with Crippen molar-refractivity contribution in [2.45, 2.75) is 39.8 Å². The van der Waals surface area contributed by atoms with E-state index in [2.05, 4.69) is 17.6 Å². The molecule has 1 atom stereocenters. The molecule has 1 aromatic carbocycles. The Labute approximate surface area is 145 Å². The van der Waals surface area contributed by atoms with E-state index in [0.29, 0.717) is 19.7 Å². The van der Waals surface area contributed by atoms with Gasteiger partial charge in [0.1, 0.15) is 5.75 Å². The lowest BCUT2D eigenvalue weighted by molar-refractivity contribution is -0.120. The number of methoxy groups -OCH3 is 1. The summed E-state index contributed by atoms with van der Waals surface area (Å²) in [5.41, 5.74) is 2.14. The number of carbonyl (C=O) groups is 1. The lowest BCUT2D eigenvalue weighted by atomic mass is 10.1. The van der Waals surface area contributed by atoms with Crippen LogP contribution in [-0.4, -0.2) is 38.8 Å². The van der Waals surface area contributed by atoms with Crippen molar-refractivity contribution < 1.29 is 14.3 Å². The Bertz CT molecular complexity index is 469. The smallest absolute Gasteiger partial charge is 0.234 e. The van der Waals surface area contributed by atoms with Gasteiger partial charge in [-0.1, -0.05) is 19.1 Å². The lowest BCUT2D eigenvalue weighted by Gasteiger charge is -2.17. The first-order chi connectivity index (χ1) is 10.6. The van der Waals surface area contributed by atoms with Gasteiger partial charge in [0.05, 0.1) is 19.3 Å². The number of carbonyl (C=O) groups excluding carboxylic acids is 1. The molecule has 0 saturated carbocycles. The van der Waals surface area contributed by atoms with E-state index in [1.807, 2.05) is 32.0 Å². The quantitative estimate of drug-likeness (QED) is 0.640. The fraction of sp³-hybridized carbons (Fsp3) is 0.588. The van der Waals surface area contributed by atoms with Gasteiger partial charge in [0.2, 0.25) is 5.91 Å². The predicted octanol–water partition coefficient (Wildman–Crippen LogP) is 2.45. The second-order valence-electron chi connectivity index (χ2n) is 5.39. The molecule has 0 aromatic heterocycles. The first-order valence-corrected chi connectivity index (χ1v) is 7.79. The Kier molecular flexibility index (Phi) is 11.5. The molecule has 5 nitrogen and oxygen atoms in total. The lowest BCUT2D eigenvalue weighted by Crippen LogP contribution is -2.35. The number of ether oxygens (including phenoxy) is 2. The van der Waals surface area contributed by atoms with Gasteiger partial charge in [-0.2, -0.15) is 0 Å². The van der Waals surface area contributed by atoms with Crippen molar-refractivity contribution in [3.63, 3.8) is 0 Å². The van der Waals surface area contributed by atoms with Crippen LogP contribution in [0, 0.1) is 6.92 Å². The molecule has 0 aliphatic carbocycles. The topological polar surface area (TPSA) is 59.6 Å². The molecular formula is C17H29ClN2O3. The van der Waals surface area contributed by atoms with Gasteiger partial charge in [-0.15, -0.1) is 12.4 Å². The third kappa shape index (κ3) is 8.79. The molecule has 0 bridgehead atoms. The van der Waals surface area contributed by atoms with Crippen molar-refractivity contribution in [3.8, 4) is 5.75 Å². The maximum Gasteiger partial charge on any atom is 0.234 e. The van der Waals surface area contributed by atoms with Gasteiger partial charge in [-0.3, -0.25) is 4.79 Å². The van der Waals surface area contributed by atoms with Crippen LogP contribution in [0.2, 0.25) is 0 Å². The molecule has 1 amide bonds. The summed E-state index contributed by atoms with van der Waals surface area (Å²) < 4.78 is 10.9. The van der Waals surface area contributed by atoms with Crippen LogP contribution in [0.5, 0.6) is 5.75 Å². The van der Waals surface area contributed by atoms with Gasteiger partial charge in [0, 0.05) is 25.8 Å². The molecule has 0 saturated heterocycles. The number of hydrogen-bond donors (Lipinski definition) is 2. The third-order valence-electron chi connectivity index (χ3n) is 3.37. The average Bonchev–Trinajstić information content (AvgIpc) is 2.50. The Morgan fingerprint density at radius 2 is 2.09 bits per heavy atom. The molecule has 0 spiro atoms. The van der Waals surface area contributed by atoms with E-state index in [4.69, 9.17) is 9.47 Å². The SMILES string of the molecule is CCC(C)Oc1cc(C)ccc1CNC(=O)CNCCOC.Cl. The maximum atomic E-state index is 11.8. The van der Waals surface area contributed by atoms with Crippen LogP contribution in [-0.2, 0) is 16.1 Å². The van der Waals surface area contributed by atoms with Crippen LogP contribution < -0.4 is 15.4 Å². The zero-order valence-corrected chi connectivity index (χ0v) is 15.3. The number of hydrogen-bond acceptors (Lipinski definition) is 4. The van der Waals surface area contributed by atoms with Gasteiger partial charge in [0.15, 0.2) is 0 Å². The number of amides is 1. The molecule has 1 unspecified atom stereocenters. The van der Waals surface area contributed by atoms with Crippen molar-refractivity contribution in [1.82, 2.24) is 10.6 Å². The van der Waals surface area contributed by atoms with Gasteiger partial charge >= 0.3 is 0 Å². The van der Waals surface area contributed by atoms with Crippen LogP contribution in [0.15, 0.2) is 18.2 Å². The minimum atomic E-state index is -0.0360. The van der Waals surface area contributed by atoms with E-state index in [-0.39, 0.29) is 31.0 Å². The van der Waals surface area contributed by atoms with Crippen molar-refractivity contribution in [3.05, 3.63) is 29.3 Å². The zero-order valence-electron chi connectivity index (χ0n) is 14.5. The summed E-state index contributed by atoms with van der Waals surface area (Å²) in [6.45, 7) is 8.19. The van der Waals surface area contributed by atoms with Gasteiger partial charge in [-0.05, 0) is 31.9 Å². The van der Waals surface area contributed by atoms with E-state index in [9.17, 15) is 4.79 Å². The van der Waals surface area contributed by atoms with Crippen LogP contribution in [0.3, 0.4) is 0 Å². The minimum absolute atomic E-state index is 0. The molecule has 2 N–H and O–H groups in total. The molecule has 0 aliphatic heterocycles. The van der Waals surface area contributed by atoms with Crippen molar-refractivity contribution >= 4 is 18.3 Å². The summed E-state index contributed by atoms with van der Waals surface area (Å²) in [7, 11) is 1.64. The first-order valence-electron chi connectivity index (χ1n) is 7.79. The minimum Gasteiger partial charge on any atom is -0.490 e. The Hall–Kier alpha value is -1.30. The summed E-state index contributed by atoms with van der Waals surface area (Å²) in [4.78, 5) is 11.8. The first kappa shape index (κ1) is 21.7. The fourth-order valence-corrected chi connectivity index (χ4v) is 1.85. The van der Waals surface area contributed by atoms with Crippen molar-refractivity contribution in [2.24, 2.45) is 0 Å². The molecule has 1 aromatic rings. The number of halogens is 1.